The number of carboxylic acids is 1. The van der Waals surface area contributed by atoms with Crippen LogP contribution in [0.4, 0.5) is 5.69 Å². The maximum atomic E-state index is 12.0. The normalized spacial score (nSPS) is 10.3. The third-order valence-electron chi connectivity index (χ3n) is 4.09. The van der Waals surface area contributed by atoms with Crippen LogP contribution in [0.2, 0.25) is 5.02 Å². The van der Waals surface area contributed by atoms with Crippen molar-refractivity contribution in [2.75, 3.05) is 11.9 Å². The zero-order valence-corrected chi connectivity index (χ0v) is 15.7. The number of rotatable bonds is 8. The Bertz CT molecular complexity index is 852. The molecule has 0 heterocycles. The molecule has 2 aromatic rings. The number of carbonyl (C=O) groups excluding carboxylic acids is 2. The molecule has 0 fully saturated rings. The van der Waals surface area contributed by atoms with Crippen LogP contribution < -0.4 is 10.6 Å². The average Bonchev–Trinajstić information content (AvgIpc) is 2.64. The van der Waals surface area contributed by atoms with E-state index >= 15 is 0 Å². The molecule has 2 amide bonds. The lowest BCUT2D eigenvalue weighted by Gasteiger charge is -2.10. The van der Waals surface area contributed by atoms with Gasteiger partial charge in [0.2, 0.25) is 11.8 Å². The SMILES string of the molecule is Cc1c(Cl)cccc1NC(=O)CCNC(=O)CCc1ccccc1C(=O)O. The molecule has 7 heteroatoms. The number of hydrogen-bond acceptors (Lipinski definition) is 3. The molecule has 2 aromatic carbocycles. The Hall–Kier alpha value is -2.86. The second-order valence-corrected chi connectivity index (χ2v) is 6.43. The third kappa shape index (κ3) is 6.11. The molecule has 0 aliphatic carbocycles. The van der Waals surface area contributed by atoms with Crippen LogP contribution in [-0.4, -0.2) is 29.4 Å². The predicted molar refractivity (Wildman–Crippen MR) is 104 cm³/mol. The highest BCUT2D eigenvalue weighted by Crippen LogP contribution is 2.22. The van der Waals surface area contributed by atoms with E-state index in [2.05, 4.69) is 10.6 Å². The quantitative estimate of drug-likeness (QED) is 0.645. The van der Waals surface area contributed by atoms with Crippen LogP contribution in [0.3, 0.4) is 0 Å². The summed E-state index contributed by atoms with van der Waals surface area (Å²) in [5.74, 6) is -1.47. The van der Waals surface area contributed by atoms with Gasteiger partial charge in [-0.3, -0.25) is 9.59 Å². The highest BCUT2D eigenvalue weighted by atomic mass is 35.5. The molecule has 0 radical (unpaired) electrons. The van der Waals surface area contributed by atoms with Crippen molar-refractivity contribution in [1.82, 2.24) is 5.32 Å². The van der Waals surface area contributed by atoms with E-state index in [1.165, 1.54) is 6.07 Å². The van der Waals surface area contributed by atoms with Crippen LogP contribution in [-0.2, 0) is 16.0 Å². The predicted octanol–water partition coefficient (Wildman–Crippen LogP) is 3.42. The van der Waals surface area contributed by atoms with Crippen molar-refractivity contribution in [2.24, 2.45) is 0 Å². The summed E-state index contributed by atoms with van der Waals surface area (Å²) in [6.07, 6.45) is 0.602. The van der Waals surface area contributed by atoms with Crippen molar-refractivity contribution in [1.29, 1.82) is 0 Å². The summed E-state index contributed by atoms with van der Waals surface area (Å²) in [7, 11) is 0. The number of anilines is 1. The lowest BCUT2D eigenvalue weighted by atomic mass is 10.0. The average molecular weight is 389 g/mol. The van der Waals surface area contributed by atoms with Gasteiger partial charge >= 0.3 is 5.97 Å². The number of benzene rings is 2. The van der Waals surface area contributed by atoms with E-state index in [4.69, 9.17) is 16.7 Å². The molecular formula is C20H21ClN2O4. The number of hydrogen-bond donors (Lipinski definition) is 3. The molecule has 0 aliphatic heterocycles. The summed E-state index contributed by atoms with van der Waals surface area (Å²) in [5.41, 5.74) is 2.23. The maximum absolute atomic E-state index is 12.0. The molecule has 0 unspecified atom stereocenters. The first-order valence-electron chi connectivity index (χ1n) is 8.51. The summed E-state index contributed by atoms with van der Waals surface area (Å²) in [4.78, 5) is 35.1. The number of nitrogens with one attached hydrogen (secondary N) is 2. The van der Waals surface area contributed by atoms with Gasteiger partial charge in [-0.2, -0.15) is 0 Å². The van der Waals surface area contributed by atoms with Crippen molar-refractivity contribution in [3.63, 3.8) is 0 Å². The Morgan fingerprint density at radius 3 is 2.48 bits per heavy atom. The van der Waals surface area contributed by atoms with Crippen molar-refractivity contribution >= 4 is 35.1 Å². The lowest BCUT2D eigenvalue weighted by Crippen LogP contribution is -2.28. The van der Waals surface area contributed by atoms with E-state index in [0.29, 0.717) is 22.7 Å². The lowest BCUT2D eigenvalue weighted by molar-refractivity contribution is -0.121. The van der Waals surface area contributed by atoms with E-state index in [1.807, 2.05) is 6.92 Å². The van der Waals surface area contributed by atoms with Crippen LogP contribution >= 0.6 is 11.6 Å². The smallest absolute Gasteiger partial charge is 0.335 e. The maximum Gasteiger partial charge on any atom is 0.335 e. The molecule has 0 aromatic heterocycles. The van der Waals surface area contributed by atoms with Crippen molar-refractivity contribution < 1.29 is 19.5 Å². The number of halogens is 1. The van der Waals surface area contributed by atoms with Crippen molar-refractivity contribution in [3.05, 3.63) is 64.2 Å². The number of amides is 2. The van der Waals surface area contributed by atoms with Crippen molar-refractivity contribution in [2.45, 2.75) is 26.2 Å². The largest absolute Gasteiger partial charge is 0.478 e. The summed E-state index contributed by atoms with van der Waals surface area (Å²) >= 11 is 6.01. The van der Waals surface area contributed by atoms with Gasteiger partial charge in [0.1, 0.15) is 0 Å². The fraction of sp³-hybridized carbons (Fsp3) is 0.250. The summed E-state index contributed by atoms with van der Waals surface area (Å²) in [6.45, 7) is 2.01. The molecule has 6 nitrogen and oxygen atoms in total. The van der Waals surface area contributed by atoms with Crippen LogP contribution in [0.5, 0.6) is 0 Å². The van der Waals surface area contributed by atoms with E-state index in [9.17, 15) is 14.4 Å². The monoisotopic (exact) mass is 388 g/mol. The van der Waals surface area contributed by atoms with E-state index in [-0.39, 0.29) is 36.8 Å². The molecule has 0 bridgehead atoms. The topological polar surface area (TPSA) is 95.5 Å². The van der Waals surface area contributed by atoms with Crippen LogP contribution in [0.25, 0.3) is 0 Å². The van der Waals surface area contributed by atoms with Gasteiger partial charge in [0.15, 0.2) is 0 Å². The Balaban J connectivity index is 1.75. The molecule has 0 saturated carbocycles. The summed E-state index contributed by atoms with van der Waals surface area (Å²) in [6, 6.07) is 11.8. The second kappa shape index (κ2) is 9.73. The highest BCUT2D eigenvalue weighted by Gasteiger charge is 2.11. The highest BCUT2D eigenvalue weighted by molar-refractivity contribution is 6.31. The Labute approximate surface area is 162 Å². The minimum atomic E-state index is -1.01. The standard InChI is InChI=1S/C20H21ClN2O4/c1-13-16(21)7-4-8-17(13)23-19(25)11-12-22-18(24)10-9-14-5-2-3-6-15(14)20(26)27/h2-8H,9-12H2,1H3,(H,22,24)(H,23,25)(H,26,27). The summed E-state index contributed by atoms with van der Waals surface area (Å²) in [5, 5.41) is 15.1. The van der Waals surface area contributed by atoms with E-state index in [0.717, 1.165) is 5.56 Å². The molecule has 2 rings (SSSR count). The molecule has 142 valence electrons. The molecule has 0 aliphatic rings. The van der Waals surface area contributed by atoms with Gasteiger partial charge in [0.05, 0.1) is 5.56 Å². The fourth-order valence-electron chi connectivity index (χ4n) is 2.55. The number of aromatic carboxylic acids is 1. The summed E-state index contributed by atoms with van der Waals surface area (Å²) < 4.78 is 0. The zero-order chi connectivity index (χ0) is 19.8. The fourth-order valence-corrected chi connectivity index (χ4v) is 2.73. The molecule has 0 spiro atoms. The first-order valence-corrected chi connectivity index (χ1v) is 8.89. The molecule has 27 heavy (non-hydrogen) atoms. The van der Waals surface area contributed by atoms with E-state index in [1.54, 1.807) is 36.4 Å². The van der Waals surface area contributed by atoms with Gasteiger partial charge in [0.25, 0.3) is 0 Å². The molecule has 0 atom stereocenters. The minimum Gasteiger partial charge on any atom is -0.478 e. The number of carboxylic acid groups (broad SMARTS) is 1. The van der Waals surface area contributed by atoms with Crippen LogP contribution in [0.1, 0.15) is 34.3 Å². The van der Waals surface area contributed by atoms with Crippen molar-refractivity contribution in [3.8, 4) is 0 Å². The Kier molecular flexibility index (Phi) is 7.37. The second-order valence-electron chi connectivity index (χ2n) is 6.02. The third-order valence-corrected chi connectivity index (χ3v) is 4.49. The van der Waals surface area contributed by atoms with Gasteiger partial charge < -0.3 is 15.7 Å². The van der Waals surface area contributed by atoms with Gasteiger partial charge in [-0.15, -0.1) is 0 Å². The Morgan fingerprint density at radius 1 is 1.00 bits per heavy atom. The molecule has 0 saturated heterocycles. The first kappa shape index (κ1) is 20.5. The molecule has 3 N–H and O–H groups in total. The van der Waals surface area contributed by atoms with E-state index < -0.39 is 5.97 Å². The van der Waals surface area contributed by atoms with Gasteiger partial charge in [-0.25, -0.2) is 4.79 Å². The van der Waals surface area contributed by atoms with Crippen LogP contribution in [0.15, 0.2) is 42.5 Å². The first-order chi connectivity index (χ1) is 12.9. The van der Waals surface area contributed by atoms with Gasteiger partial charge in [-0.1, -0.05) is 35.9 Å². The zero-order valence-electron chi connectivity index (χ0n) is 14.9. The van der Waals surface area contributed by atoms with Gasteiger partial charge in [-0.05, 0) is 42.7 Å². The van der Waals surface area contributed by atoms with Crippen LogP contribution in [0, 0.1) is 6.92 Å². The van der Waals surface area contributed by atoms with Gasteiger partial charge in [0, 0.05) is 30.1 Å². The number of aryl methyl sites for hydroxylation is 1. The minimum absolute atomic E-state index is 0.128. The molecular weight excluding hydrogens is 368 g/mol. The Morgan fingerprint density at radius 2 is 1.74 bits per heavy atom. The number of carbonyl (C=O) groups is 3.